The minimum atomic E-state index is -0.589. The van der Waals surface area contributed by atoms with Crippen molar-refractivity contribution in [1.29, 1.82) is 0 Å². The van der Waals surface area contributed by atoms with Gasteiger partial charge in [0.05, 0.1) is 10.6 Å². The largest absolute Gasteiger partial charge is 0.322 e. The maximum Gasteiger partial charge on any atom is 0.271 e. The number of rotatable bonds is 4. The van der Waals surface area contributed by atoms with Gasteiger partial charge in [0, 0.05) is 21.8 Å². The maximum atomic E-state index is 12.4. The van der Waals surface area contributed by atoms with E-state index in [9.17, 15) is 14.4 Å². The quantitative estimate of drug-likeness (QED) is 0.515. The molecule has 3 N–H and O–H groups in total. The molecule has 3 amide bonds. The number of hydrogen-bond donors (Lipinski definition) is 3. The number of carbonyl (C=O) groups excluding carboxylic acids is 3. The molecule has 0 bridgehead atoms. The Kier molecular flexibility index (Phi) is 6.72. The van der Waals surface area contributed by atoms with E-state index >= 15 is 0 Å². The summed E-state index contributed by atoms with van der Waals surface area (Å²) >= 11 is 11.8. The van der Waals surface area contributed by atoms with Gasteiger partial charge in [0.25, 0.3) is 17.7 Å². The van der Waals surface area contributed by atoms with Crippen LogP contribution in [-0.2, 0) is 0 Å². The van der Waals surface area contributed by atoms with Crippen LogP contribution in [0.4, 0.5) is 5.69 Å². The molecule has 6 nitrogen and oxygen atoms in total. The number of hydrogen-bond acceptors (Lipinski definition) is 3. The van der Waals surface area contributed by atoms with Crippen LogP contribution in [0.5, 0.6) is 0 Å². The molecule has 0 spiro atoms. The van der Waals surface area contributed by atoms with Crippen LogP contribution in [-0.4, -0.2) is 17.7 Å². The molecular formula is C22H17Cl2N3O3. The molecule has 0 aliphatic rings. The smallest absolute Gasteiger partial charge is 0.271 e. The van der Waals surface area contributed by atoms with Crippen molar-refractivity contribution in [2.24, 2.45) is 0 Å². The lowest BCUT2D eigenvalue weighted by atomic mass is 10.1. The molecule has 0 aromatic heterocycles. The molecule has 30 heavy (non-hydrogen) atoms. The van der Waals surface area contributed by atoms with Crippen molar-refractivity contribution < 1.29 is 14.4 Å². The first-order valence-corrected chi connectivity index (χ1v) is 9.63. The Hall–Kier alpha value is -3.35. The minimum absolute atomic E-state index is 0.162. The molecule has 0 heterocycles. The monoisotopic (exact) mass is 441 g/mol. The van der Waals surface area contributed by atoms with Crippen LogP contribution in [0.3, 0.4) is 0 Å². The van der Waals surface area contributed by atoms with Gasteiger partial charge in [-0.25, -0.2) is 0 Å². The highest BCUT2D eigenvalue weighted by Gasteiger charge is 2.13. The summed E-state index contributed by atoms with van der Waals surface area (Å²) in [5.74, 6) is -1.44. The molecule has 152 valence electrons. The lowest BCUT2D eigenvalue weighted by molar-refractivity contribution is 0.0847. The van der Waals surface area contributed by atoms with Gasteiger partial charge >= 0.3 is 0 Å². The van der Waals surface area contributed by atoms with E-state index in [0.717, 1.165) is 5.56 Å². The SMILES string of the molecule is Cc1ccc(C(=O)Nc2cccc(C(=O)NNC(=O)c3ccc(Cl)cc3Cl)c2)cc1. The molecule has 0 saturated carbocycles. The Morgan fingerprint density at radius 1 is 0.733 bits per heavy atom. The second-order valence-corrected chi connectivity index (χ2v) is 7.28. The number of aryl methyl sites for hydroxylation is 1. The van der Waals surface area contributed by atoms with Gasteiger partial charge in [-0.3, -0.25) is 25.2 Å². The summed E-state index contributed by atoms with van der Waals surface area (Å²) in [6.45, 7) is 1.93. The Bertz CT molecular complexity index is 1110. The molecule has 0 atom stereocenters. The molecule has 0 fully saturated rings. The van der Waals surface area contributed by atoms with E-state index in [2.05, 4.69) is 16.2 Å². The summed E-state index contributed by atoms with van der Waals surface area (Å²) < 4.78 is 0. The van der Waals surface area contributed by atoms with Crippen molar-refractivity contribution >= 4 is 46.6 Å². The second-order valence-electron chi connectivity index (χ2n) is 6.43. The number of anilines is 1. The molecule has 0 aliphatic carbocycles. The van der Waals surface area contributed by atoms with E-state index in [0.29, 0.717) is 16.3 Å². The summed E-state index contributed by atoms with van der Waals surface area (Å²) in [7, 11) is 0. The first kappa shape index (κ1) is 21.4. The minimum Gasteiger partial charge on any atom is -0.322 e. The Balaban J connectivity index is 1.63. The highest BCUT2D eigenvalue weighted by Crippen LogP contribution is 2.20. The first-order valence-electron chi connectivity index (χ1n) is 8.87. The van der Waals surface area contributed by atoms with Crippen LogP contribution in [0.2, 0.25) is 10.0 Å². The predicted molar refractivity (Wildman–Crippen MR) is 117 cm³/mol. The van der Waals surface area contributed by atoms with Crippen LogP contribution in [0.1, 0.15) is 36.6 Å². The van der Waals surface area contributed by atoms with Gasteiger partial charge in [0.2, 0.25) is 0 Å². The zero-order valence-electron chi connectivity index (χ0n) is 15.8. The highest BCUT2D eigenvalue weighted by atomic mass is 35.5. The fourth-order valence-corrected chi connectivity index (χ4v) is 3.07. The zero-order chi connectivity index (χ0) is 21.7. The number of benzene rings is 3. The van der Waals surface area contributed by atoms with Crippen LogP contribution in [0.25, 0.3) is 0 Å². The molecule has 0 radical (unpaired) electrons. The van der Waals surface area contributed by atoms with Gasteiger partial charge in [-0.05, 0) is 55.5 Å². The van der Waals surface area contributed by atoms with Crippen molar-refractivity contribution in [2.75, 3.05) is 5.32 Å². The molecule has 0 saturated heterocycles. The number of carbonyl (C=O) groups is 3. The van der Waals surface area contributed by atoms with Gasteiger partial charge in [-0.2, -0.15) is 0 Å². The van der Waals surface area contributed by atoms with Crippen LogP contribution in [0.15, 0.2) is 66.7 Å². The zero-order valence-corrected chi connectivity index (χ0v) is 17.3. The number of hydrazine groups is 1. The Morgan fingerprint density at radius 3 is 2.13 bits per heavy atom. The van der Waals surface area contributed by atoms with Gasteiger partial charge in [0.15, 0.2) is 0 Å². The third-order valence-electron chi connectivity index (χ3n) is 4.16. The lowest BCUT2D eigenvalue weighted by Gasteiger charge is -2.10. The van der Waals surface area contributed by atoms with Crippen LogP contribution >= 0.6 is 23.2 Å². The Morgan fingerprint density at radius 2 is 1.43 bits per heavy atom. The van der Waals surface area contributed by atoms with E-state index in [-0.39, 0.29) is 22.1 Å². The second kappa shape index (κ2) is 9.43. The standard InChI is InChI=1S/C22H17Cl2N3O3/c1-13-5-7-14(8-6-13)20(28)25-17-4-2-3-15(11-17)21(29)26-27-22(30)18-10-9-16(23)12-19(18)24/h2-12H,1H3,(H,25,28)(H,26,29)(H,27,30). The molecule has 3 aromatic carbocycles. The van der Waals surface area contributed by atoms with Crippen molar-refractivity contribution in [2.45, 2.75) is 6.92 Å². The molecule has 0 unspecified atom stereocenters. The first-order chi connectivity index (χ1) is 14.3. The Labute approximate surface area is 183 Å². The average molecular weight is 442 g/mol. The summed E-state index contributed by atoms with van der Waals surface area (Å²) in [5, 5.41) is 3.30. The molecule has 0 aliphatic heterocycles. The van der Waals surface area contributed by atoms with E-state index < -0.39 is 11.8 Å². The van der Waals surface area contributed by atoms with E-state index in [1.165, 1.54) is 24.3 Å². The van der Waals surface area contributed by atoms with Gasteiger partial charge < -0.3 is 5.32 Å². The fraction of sp³-hybridized carbons (Fsp3) is 0.0455. The normalized spacial score (nSPS) is 10.2. The van der Waals surface area contributed by atoms with Crippen LogP contribution in [0, 0.1) is 6.92 Å². The summed E-state index contributed by atoms with van der Waals surface area (Å²) in [4.78, 5) is 36.9. The molecular weight excluding hydrogens is 425 g/mol. The van der Waals surface area contributed by atoms with E-state index in [1.54, 1.807) is 30.3 Å². The van der Waals surface area contributed by atoms with Crippen molar-refractivity contribution in [3.8, 4) is 0 Å². The predicted octanol–water partition coefficient (Wildman–Crippen LogP) is 4.63. The summed E-state index contributed by atoms with van der Waals surface area (Å²) in [5.41, 5.74) is 7.02. The maximum absolute atomic E-state index is 12.4. The van der Waals surface area contributed by atoms with Crippen molar-refractivity contribution in [3.63, 3.8) is 0 Å². The number of nitrogens with one attached hydrogen (secondary N) is 3. The topological polar surface area (TPSA) is 87.3 Å². The number of amides is 3. The summed E-state index contributed by atoms with van der Waals surface area (Å²) in [6, 6.07) is 17.9. The van der Waals surface area contributed by atoms with Gasteiger partial charge in [0.1, 0.15) is 0 Å². The third kappa shape index (κ3) is 5.37. The van der Waals surface area contributed by atoms with Crippen molar-refractivity contribution in [1.82, 2.24) is 10.9 Å². The van der Waals surface area contributed by atoms with E-state index in [1.807, 2.05) is 19.1 Å². The molecule has 3 rings (SSSR count). The fourth-order valence-electron chi connectivity index (χ4n) is 2.57. The van der Waals surface area contributed by atoms with E-state index in [4.69, 9.17) is 23.2 Å². The number of halogens is 2. The third-order valence-corrected chi connectivity index (χ3v) is 4.71. The van der Waals surface area contributed by atoms with Crippen LogP contribution < -0.4 is 16.2 Å². The van der Waals surface area contributed by atoms with Gasteiger partial charge in [-0.1, -0.05) is 47.0 Å². The van der Waals surface area contributed by atoms with Gasteiger partial charge in [-0.15, -0.1) is 0 Å². The molecule has 3 aromatic rings. The molecule has 8 heteroatoms. The highest BCUT2D eigenvalue weighted by molar-refractivity contribution is 6.36. The van der Waals surface area contributed by atoms with Crippen molar-refractivity contribution in [3.05, 3.63) is 99.0 Å². The lowest BCUT2D eigenvalue weighted by Crippen LogP contribution is -2.41. The summed E-state index contributed by atoms with van der Waals surface area (Å²) in [6.07, 6.45) is 0. The average Bonchev–Trinajstić information content (AvgIpc) is 2.72.